The summed E-state index contributed by atoms with van der Waals surface area (Å²) < 4.78 is 4.58. The molecule has 0 aliphatic heterocycles. The van der Waals surface area contributed by atoms with Gasteiger partial charge in [-0.05, 0) is 19.1 Å². The van der Waals surface area contributed by atoms with Gasteiger partial charge in [0.1, 0.15) is 18.3 Å². The second kappa shape index (κ2) is 6.06. The lowest BCUT2D eigenvalue weighted by Gasteiger charge is -2.13. The molecule has 0 aromatic carbocycles. The molecule has 0 fully saturated rings. The summed E-state index contributed by atoms with van der Waals surface area (Å²) in [4.78, 5) is 29.0. The van der Waals surface area contributed by atoms with Gasteiger partial charge in [0.2, 0.25) is 5.91 Å². The molecule has 132 valence electrons. The van der Waals surface area contributed by atoms with Crippen LogP contribution in [0, 0.1) is 0 Å². The Balaban J connectivity index is 1.54. The minimum Gasteiger partial charge on any atom is -0.345 e. The van der Waals surface area contributed by atoms with Gasteiger partial charge >= 0.3 is 0 Å². The van der Waals surface area contributed by atoms with E-state index in [4.69, 9.17) is 0 Å². The van der Waals surface area contributed by atoms with Crippen molar-refractivity contribution in [1.29, 1.82) is 0 Å². The number of nitrogens with zero attached hydrogens (tertiary/aromatic N) is 7. The molecule has 26 heavy (non-hydrogen) atoms. The highest BCUT2D eigenvalue weighted by Crippen LogP contribution is 2.11. The van der Waals surface area contributed by atoms with E-state index in [1.807, 2.05) is 31.3 Å². The first-order chi connectivity index (χ1) is 12.5. The van der Waals surface area contributed by atoms with Crippen molar-refractivity contribution in [3.05, 3.63) is 53.1 Å². The van der Waals surface area contributed by atoms with Crippen LogP contribution < -0.4 is 10.9 Å². The van der Waals surface area contributed by atoms with Gasteiger partial charge in [-0.3, -0.25) is 23.2 Å². The van der Waals surface area contributed by atoms with E-state index in [1.54, 1.807) is 11.4 Å². The van der Waals surface area contributed by atoms with E-state index in [0.717, 1.165) is 0 Å². The van der Waals surface area contributed by atoms with E-state index in [9.17, 15) is 9.59 Å². The van der Waals surface area contributed by atoms with Crippen molar-refractivity contribution >= 4 is 22.6 Å². The van der Waals surface area contributed by atoms with Crippen LogP contribution in [0.2, 0.25) is 0 Å². The molecule has 0 bridgehead atoms. The van der Waals surface area contributed by atoms with Crippen molar-refractivity contribution in [1.82, 2.24) is 39.2 Å². The number of hydrogen-bond acceptors (Lipinski definition) is 6. The molecule has 0 saturated heterocycles. The largest absolute Gasteiger partial charge is 0.345 e. The number of fused-ring (bicyclic) bond motifs is 2. The maximum absolute atomic E-state index is 12.4. The molecule has 4 heterocycles. The van der Waals surface area contributed by atoms with Crippen molar-refractivity contribution in [3.8, 4) is 0 Å². The number of nitrogens with one attached hydrogen (secondary N) is 1. The summed E-state index contributed by atoms with van der Waals surface area (Å²) in [6.45, 7) is 1.67. The van der Waals surface area contributed by atoms with E-state index in [1.165, 1.54) is 21.8 Å². The Bertz CT molecular complexity index is 1170. The highest BCUT2D eigenvalue weighted by Gasteiger charge is 2.17. The molecule has 0 spiro atoms. The number of carbonyl (C=O) groups is 1. The number of rotatable bonds is 4. The van der Waals surface area contributed by atoms with Crippen LogP contribution in [0.5, 0.6) is 0 Å². The maximum atomic E-state index is 12.4. The zero-order valence-corrected chi connectivity index (χ0v) is 14.2. The summed E-state index contributed by atoms with van der Waals surface area (Å²) in [5.41, 5.74) is 0.875. The SMILES string of the molecule is CC(NC(=O)Cn1cnc2c(cnn2C)c1=O)c1nnc2ccccn12. The summed E-state index contributed by atoms with van der Waals surface area (Å²) in [6.07, 6.45) is 4.63. The Morgan fingerprint density at radius 3 is 3.00 bits per heavy atom. The molecule has 1 unspecified atom stereocenters. The number of pyridine rings is 1. The predicted octanol–water partition coefficient (Wildman–Crippen LogP) is 0.0501. The molecule has 4 rings (SSSR count). The molecule has 10 heteroatoms. The normalized spacial score (nSPS) is 12.5. The van der Waals surface area contributed by atoms with E-state index in [-0.39, 0.29) is 24.1 Å². The quantitative estimate of drug-likeness (QED) is 0.555. The first-order valence-electron chi connectivity index (χ1n) is 8.01. The van der Waals surface area contributed by atoms with Crippen LogP contribution in [0.3, 0.4) is 0 Å². The number of hydrogen-bond donors (Lipinski definition) is 1. The molecule has 1 N–H and O–H groups in total. The van der Waals surface area contributed by atoms with Crippen LogP contribution in [0.4, 0.5) is 0 Å². The second-order valence-corrected chi connectivity index (χ2v) is 5.96. The lowest BCUT2D eigenvalue weighted by molar-refractivity contribution is -0.122. The molecule has 4 aromatic heterocycles. The first-order valence-corrected chi connectivity index (χ1v) is 8.01. The van der Waals surface area contributed by atoms with Crippen molar-refractivity contribution in [3.63, 3.8) is 0 Å². The van der Waals surface area contributed by atoms with E-state index in [0.29, 0.717) is 22.5 Å². The summed E-state index contributed by atoms with van der Waals surface area (Å²) in [6, 6.07) is 5.19. The van der Waals surface area contributed by atoms with Crippen molar-refractivity contribution in [2.75, 3.05) is 0 Å². The Hall–Kier alpha value is -3.56. The van der Waals surface area contributed by atoms with Crippen LogP contribution in [0.25, 0.3) is 16.7 Å². The average Bonchev–Trinajstić information content (AvgIpc) is 3.21. The van der Waals surface area contributed by atoms with Gasteiger partial charge in [-0.1, -0.05) is 6.07 Å². The second-order valence-electron chi connectivity index (χ2n) is 5.96. The molecule has 10 nitrogen and oxygen atoms in total. The predicted molar refractivity (Wildman–Crippen MR) is 92.3 cm³/mol. The fourth-order valence-corrected chi connectivity index (χ4v) is 2.84. The fraction of sp³-hybridized carbons (Fsp3) is 0.250. The van der Waals surface area contributed by atoms with Gasteiger partial charge in [0, 0.05) is 13.2 Å². The minimum absolute atomic E-state index is 0.141. The van der Waals surface area contributed by atoms with E-state index >= 15 is 0 Å². The van der Waals surface area contributed by atoms with Gasteiger partial charge in [0.05, 0.1) is 12.2 Å². The van der Waals surface area contributed by atoms with Gasteiger partial charge in [-0.15, -0.1) is 10.2 Å². The van der Waals surface area contributed by atoms with Crippen LogP contribution in [-0.2, 0) is 18.4 Å². The zero-order chi connectivity index (χ0) is 18.3. The molecule has 1 atom stereocenters. The first kappa shape index (κ1) is 15.9. The lowest BCUT2D eigenvalue weighted by atomic mass is 10.3. The van der Waals surface area contributed by atoms with Gasteiger partial charge in [-0.25, -0.2) is 4.98 Å². The number of aromatic nitrogens is 7. The number of amides is 1. The Morgan fingerprint density at radius 2 is 2.15 bits per heavy atom. The topological polar surface area (TPSA) is 112 Å². The lowest BCUT2D eigenvalue weighted by Crippen LogP contribution is -2.34. The molecule has 0 saturated carbocycles. The van der Waals surface area contributed by atoms with E-state index < -0.39 is 0 Å². The summed E-state index contributed by atoms with van der Waals surface area (Å²) >= 11 is 0. The third-order valence-corrected chi connectivity index (χ3v) is 4.14. The number of aryl methyl sites for hydroxylation is 1. The summed E-state index contributed by atoms with van der Waals surface area (Å²) in [5, 5.41) is 15.4. The monoisotopic (exact) mass is 352 g/mol. The third kappa shape index (κ3) is 2.61. The Kier molecular flexibility index (Phi) is 3.72. The van der Waals surface area contributed by atoms with Crippen LogP contribution in [0.1, 0.15) is 18.8 Å². The molecular formula is C16H16N8O2. The average molecular weight is 352 g/mol. The van der Waals surface area contributed by atoms with Gasteiger partial charge in [0.25, 0.3) is 5.56 Å². The molecule has 4 aromatic rings. The maximum Gasteiger partial charge on any atom is 0.264 e. The van der Waals surface area contributed by atoms with Gasteiger partial charge in [0.15, 0.2) is 17.1 Å². The Morgan fingerprint density at radius 1 is 1.31 bits per heavy atom. The fourth-order valence-electron chi connectivity index (χ4n) is 2.84. The van der Waals surface area contributed by atoms with Crippen molar-refractivity contribution < 1.29 is 4.79 Å². The minimum atomic E-state index is -0.370. The molecule has 0 aliphatic rings. The molecular weight excluding hydrogens is 336 g/mol. The smallest absolute Gasteiger partial charge is 0.264 e. The zero-order valence-electron chi connectivity index (χ0n) is 14.2. The van der Waals surface area contributed by atoms with Gasteiger partial charge < -0.3 is 5.32 Å². The van der Waals surface area contributed by atoms with Crippen molar-refractivity contribution in [2.45, 2.75) is 19.5 Å². The summed E-state index contributed by atoms with van der Waals surface area (Å²) in [7, 11) is 1.70. The molecule has 0 aliphatic carbocycles. The highest BCUT2D eigenvalue weighted by molar-refractivity contribution is 5.77. The van der Waals surface area contributed by atoms with E-state index in [2.05, 4.69) is 25.6 Å². The van der Waals surface area contributed by atoms with Crippen LogP contribution in [-0.4, -0.2) is 39.8 Å². The van der Waals surface area contributed by atoms with Crippen molar-refractivity contribution in [2.24, 2.45) is 7.05 Å². The third-order valence-electron chi connectivity index (χ3n) is 4.14. The van der Waals surface area contributed by atoms with Crippen LogP contribution >= 0.6 is 0 Å². The number of carbonyl (C=O) groups excluding carboxylic acids is 1. The summed E-state index contributed by atoms with van der Waals surface area (Å²) in [5.74, 6) is 0.291. The molecule has 0 radical (unpaired) electrons. The van der Waals surface area contributed by atoms with Crippen LogP contribution in [0.15, 0.2) is 41.7 Å². The standard InChI is InChI=1S/C16H16N8O2/c1-10(14-21-20-12-5-3-4-6-24(12)14)19-13(25)8-23-9-17-15-11(16(23)26)7-18-22(15)2/h3-7,9-10H,8H2,1-2H3,(H,19,25). The highest BCUT2D eigenvalue weighted by atomic mass is 16.2. The molecule has 1 amide bonds. The van der Waals surface area contributed by atoms with Gasteiger partial charge in [-0.2, -0.15) is 5.10 Å². The Labute approximate surface area is 147 Å².